The van der Waals surface area contributed by atoms with E-state index in [9.17, 15) is 24.9 Å². The molecule has 6 nitrogen and oxygen atoms in total. The van der Waals surface area contributed by atoms with Crippen LogP contribution in [0.5, 0.6) is 17.2 Å². The van der Waals surface area contributed by atoms with Crippen LogP contribution in [0.4, 0.5) is 0 Å². The molecular weight excluding hydrogens is 348 g/mol. The van der Waals surface area contributed by atoms with Crippen LogP contribution in [0.15, 0.2) is 12.1 Å². The molecule has 0 radical (unpaired) electrons. The van der Waals surface area contributed by atoms with Gasteiger partial charge in [-0.15, -0.1) is 0 Å². The Kier molecular flexibility index (Phi) is 11.0. The third-order valence-electron chi connectivity index (χ3n) is 4.50. The molecule has 0 aliphatic carbocycles. The Bertz CT molecular complexity index is 573. The second-order valence-corrected chi connectivity index (χ2v) is 6.91. The van der Waals surface area contributed by atoms with E-state index < -0.39 is 29.2 Å². The lowest BCUT2D eigenvalue weighted by Gasteiger charge is -2.06. The Morgan fingerprint density at radius 3 is 1.70 bits per heavy atom. The largest absolute Gasteiger partial charge is 0.504 e. The van der Waals surface area contributed by atoms with Crippen molar-refractivity contribution in [2.24, 2.45) is 0 Å². The maximum atomic E-state index is 11.8. The highest BCUT2D eigenvalue weighted by Gasteiger charge is 2.17. The fraction of sp³-hybridized carbons (Fsp3) is 0.619. The minimum Gasteiger partial charge on any atom is -0.504 e. The predicted octanol–water partition coefficient (Wildman–Crippen LogP) is 5.19. The summed E-state index contributed by atoms with van der Waals surface area (Å²) < 4.78 is 4.70. The highest BCUT2D eigenvalue weighted by molar-refractivity contribution is 5.97. The van der Waals surface area contributed by atoms with E-state index in [1.165, 1.54) is 44.9 Å². The van der Waals surface area contributed by atoms with Crippen molar-refractivity contribution in [3.8, 4) is 17.2 Å². The van der Waals surface area contributed by atoms with Gasteiger partial charge in [0.1, 0.15) is 0 Å². The first kappa shape index (κ1) is 22.8. The third kappa shape index (κ3) is 9.31. The van der Waals surface area contributed by atoms with Gasteiger partial charge in [0.15, 0.2) is 17.2 Å². The molecule has 152 valence electrons. The maximum Gasteiger partial charge on any atom is 0.346 e. The van der Waals surface area contributed by atoms with Crippen LogP contribution in [0.1, 0.15) is 94.3 Å². The van der Waals surface area contributed by atoms with Crippen molar-refractivity contribution in [1.82, 2.24) is 0 Å². The lowest BCUT2D eigenvalue weighted by molar-refractivity contribution is -0.138. The minimum absolute atomic E-state index is 0.152. The van der Waals surface area contributed by atoms with Crippen molar-refractivity contribution in [2.75, 3.05) is 0 Å². The highest BCUT2D eigenvalue weighted by Crippen LogP contribution is 2.35. The lowest BCUT2D eigenvalue weighted by Crippen LogP contribution is -2.12. The zero-order valence-electron chi connectivity index (χ0n) is 16.2. The third-order valence-corrected chi connectivity index (χ3v) is 4.50. The molecule has 0 bridgehead atoms. The number of hydrogen-bond acceptors (Lipinski definition) is 6. The summed E-state index contributed by atoms with van der Waals surface area (Å²) in [5.41, 5.74) is -0.199. The van der Waals surface area contributed by atoms with Crippen molar-refractivity contribution in [1.29, 1.82) is 0 Å². The van der Waals surface area contributed by atoms with E-state index >= 15 is 0 Å². The number of esters is 2. The summed E-state index contributed by atoms with van der Waals surface area (Å²) in [6.07, 6.45) is 13.0. The molecule has 0 fully saturated rings. The summed E-state index contributed by atoms with van der Waals surface area (Å²) in [5.74, 6) is -3.63. The molecule has 0 atom stereocenters. The summed E-state index contributed by atoms with van der Waals surface area (Å²) in [7, 11) is 0. The van der Waals surface area contributed by atoms with Crippen LogP contribution in [0.3, 0.4) is 0 Å². The van der Waals surface area contributed by atoms with Crippen molar-refractivity contribution in [2.45, 2.75) is 84.0 Å². The second-order valence-electron chi connectivity index (χ2n) is 6.91. The molecule has 0 saturated heterocycles. The van der Waals surface area contributed by atoms with Crippen LogP contribution < -0.4 is 0 Å². The molecule has 0 unspecified atom stereocenters. The number of unbranched alkanes of at least 4 members (excludes halogenated alkanes) is 10. The van der Waals surface area contributed by atoms with E-state index in [1.54, 1.807) is 0 Å². The standard InChI is InChI=1S/C21H32O6/c1-2-3-4-5-6-7-8-9-10-11-12-13-19(24)27-21(26)16-14-17(22)20(25)18(23)15-16/h14-15,22-23,25H,2-13H2,1H3. The van der Waals surface area contributed by atoms with Crippen molar-refractivity contribution in [3.05, 3.63) is 17.7 Å². The number of phenols is 3. The first-order valence-electron chi connectivity index (χ1n) is 9.95. The fourth-order valence-corrected chi connectivity index (χ4v) is 2.87. The zero-order valence-corrected chi connectivity index (χ0v) is 16.2. The van der Waals surface area contributed by atoms with E-state index in [1.807, 2.05) is 0 Å². The Morgan fingerprint density at radius 2 is 1.22 bits per heavy atom. The number of carbonyl (C=O) groups excluding carboxylic acids is 2. The number of carbonyl (C=O) groups is 2. The van der Waals surface area contributed by atoms with Crippen LogP contribution in [0.2, 0.25) is 0 Å². The Hall–Kier alpha value is -2.24. The van der Waals surface area contributed by atoms with Gasteiger partial charge in [0.2, 0.25) is 0 Å². The van der Waals surface area contributed by atoms with Gasteiger partial charge < -0.3 is 20.1 Å². The van der Waals surface area contributed by atoms with Crippen LogP contribution >= 0.6 is 0 Å². The molecule has 1 rings (SSSR count). The van der Waals surface area contributed by atoms with Gasteiger partial charge in [0, 0.05) is 6.42 Å². The summed E-state index contributed by atoms with van der Waals surface area (Å²) in [5, 5.41) is 28.0. The normalized spacial score (nSPS) is 10.7. The van der Waals surface area contributed by atoms with Gasteiger partial charge in [-0.1, -0.05) is 71.1 Å². The Morgan fingerprint density at radius 1 is 0.778 bits per heavy atom. The summed E-state index contributed by atoms with van der Waals surface area (Å²) in [4.78, 5) is 23.5. The Balaban J connectivity index is 2.11. The van der Waals surface area contributed by atoms with E-state index in [-0.39, 0.29) is 12.0 Å². The fourth-order valence-electron chi connectivity index (χ4n) is 2.87. The summed E-state index contributed by atoms with van der Waals surface area (Å²) in [6, 6.07) is 1.87. The number of hydrogen-bond donors (Lipinski definition) is 3. The quantitative estimate of drug-likeness (QED) is 0.188. The molecule has 0 aromatic heterocycles. The maximum absolute atomic E-state index is 11.8. The predicted molar refractivity (Wildman–Crippen MR) is 103 cm³/mol. The van der Waals surface area contributed by atoms with Gasteiger partial charge in [-0.25, -0.2) is 4.79 Å². The van der Waals surface area contributed by atoms with Crippen molar-refractivity contribution in [3.63, 3.8) is 0 Å². The molecule has 27 heavy (non-hydrogen) atoms. The van der Waals surface area contributed by atoms with Gasteiger partial charge in [-0.2, -0.15) is 0 Å². The van der Waals surface area contributed by atoms with Gasteiger partial charge in [0.05, 0.1) is 5.56 Å². The zero-order chi connectivity index (χ0) is 20.1. The van der Waals surface area contributed by atoms with Crippen LogP contribution in [-0.2, 0) is 9.53 Å². The van der Waals surface area contributed by atoms with Gasteiger partial charge in [0.25, 0.3) is 0 Å². The first-order chi connectivity index (χ1) is 13.0. The SMILES string of the molecule is CCCCCCCCCCCCCC(=O)OC(=O)c1cc(O)c(O)c(O)c1. The van der Waals surface area contributed by atoms with Crippen molar-refractivity contribution < 1.29 is 29.6 Å². The van der Waals surface area contributed by atoms with Crippen LogP contribution in [-0.4, -0.2) is 27.3 Å². The average Bonchev–Trinajstić information content (AvgIpc) is 2.63. The molecule has 0 aliphatic heterocycles. The monoisotopic (exact) mass is 380 g/mol. The molecule has 6 heteroatoms. The summed E-state index contributed by atoms with van der Waals surface area (Å²) >= 11 is 0. The number of benzene rings is 1. The molecule has 0 saturated carbocycles. The molecule has 0 heterocycles. The number of aromatic hydroxyl groups is 3. The minimum atomic E-state index is -0.964. The molecule has 1 aromatic rings. The van der Waals surface area contributed by atoms with Gasteiger partial charge in [-0.3, -0.25) is 4.79 Å². The lowest BCUT2D eigenvalue weighted by atomic mass is 10.1. The number of ether oxygens (including phenoxy) is 1. The topological polar surface area (TPSA) is 104 Å². The first-order valence-corrected chi connectivity index (χ1v) is 9.95. The molecule has 1 aromatic carbocycles. The summed E-state index contributed by atoms with van der Waals surface area (Å²) in [6.45, 7) is 2.22. The van der Waals surface area contributed by atoms with E-state index in [0.29, 0.717) is 6.42 Å². The second kappa shape index (κ2) is 13.0. The molecule has 3 N–H and O–H groups in total. The van der Waals surface area contributed by atoms with E-state index in [2.05, 4.69) is 6.92 Å². The van der Waals surface area contributed by atoms with Crippen LogP contribution in [0.25, 0.3) is 0 Å². The van der Waals surface area contributed by atoms with E-state index in [4.69, 9.17) is 4.74 Å². The Labute approximate surface area is 161 Å². The van der Waals surface area contributed by atoms with Gasteiger partial charge >= 0.3 is 11.9 Å². The van der Waals surface area contributed by atoms with E-state index in [0.717, 1.165) is 31.4 Å². The molecule has 0 aliphatic rings. The van der Waals surface area contributed by atoms with Crippen molar-refractivity contribution >= 4 is 11.9 Å². The van der Waals surface area contributed by atoms with Crippen LogP contribution in [0, 0.1) is 0 Å². The number of rotatable bonds is 13. The smallest absolute Gasteiger partial charge is 0.346 e. The number of phenolic OH excluding ortho intramolecular Hbond substituents is 3. The highest BCUT2D eigenvalue weighted by atomic mass is 16.6. The van der Waals surface area contributed by atoms with Gasteiger partial charge in [-0.05, 0) is 18.6 Å². The molecular formula is C21H32O6. The molecule has 0 spiro atoms. The average molecular weight is 380 g/mol. The molecule has 0 amide bonds.